The van der Waals surface area contributed by atoms with Crippen LogP contribution in [0.25, 0.3) is 15.4 Å². The van der Waals surface area contributed by atoms with Crippen LogP contribution in [0.5, 0.6) is 0 Å². The molecule has 2 aliphatic heterocycles. The highest BCUT2D eigenvalue weighted by Gasteiger charge is 2.44. The molecule has 5 heterocycles. The second-order valence-corrected chi connectivity index (χ2v) is 22.7. The number of aliphatic imine (C=N–C) groups is 1. The summed E-state index contributed by atoms with van der Waals surface area (Å²) in [6.45, 7) is 16.3. The molecule has 0 radical (unpaired) electrons. The second kappa shape index (κ2) is 24.6. The summed E-state index contributed by atoms with van der Waals surface area (Å²) in [4.78, 5) is 67.5. The first-order valence-corrected chi connectivity index (χ1v) is 27.4. The Kier molecular flexibility index (Phi) is 18.0. The van der Waals surface area contributed by atoms with Gasteiger partial charge >= 0.3 is 0 Å². The Morgan fingerprint density at radius 3 is 2.32 bits per heavy atom. The van der Waals surface area contributed by atoms with Crippen LogP contribution < -0.4 is 16.0 Å². The van der Waals surface area contributed by atoms with E-state index >= 15 is 0 Å². The quantitative estimate of drug-likeness (QED) is 0.0482. The minimum atomic E-state index is -0.970. The van der Waals surface area contributed by atoms with Crippen LogP contribution >= 0.6 is 34.3 Å². The van der Waals surface area contributed by atoms with Crippen molar-refractivity contribution in [1.82, 2.24) is 40.6 Å². The monoisotopic (exact) mass is 1090 g/mol. The number of thiophene rings is 1. The van der Waals surface area contributed by atoms with Gasteiger partial charge in [0.25, 0.3) is 0 Å². The molecule has 0 aliphatic carbocycles. The molecule has 6 aromatic rings. The number of likely N-dealkylation sites (tertiary alicyclic amines) is 1. The Hall–Kier alpha value is -6.59. The van der Waals surface area contributed by atoms with Gasteiger partial charge in [0.15, 0.2) is 5.82 Å². The molecule has 19 heteroatoms. The highest BCUT2D eigenvalue weighted by atomic mass is 35.5. The number of nitrogens with zero attached hydrogens (tertiary/aromatic N) is 6. The van der Waals surface area contributed by atoms with Crippen LogP contribution in [0.15, 0.2) is 83.3 Å². The van der Waals surface area contributed by atoms with Gasteiger partial charge in [-0.05, 0) is 93.0 Å². The molecular formula is C57H64ClN9O7S2. The maximum atomic E-state index is 14.0. The number of carbonyl (C=O) groups excluding carboxylic acids is 4. The Balaban J connectivity index is 0.753. The maximum absolute atomic E-state index is 14.0. The van der Waals surface area contributed by atoms with Gasteiger partial charge in [-0.1, -0.05) is 92.7 Å². The number of hydrogen-bond acceptors (Lipinski definition) is 13. The number of ether oxygens (including phenoxy) is 2. The molecule has 1 fully saturated rings. The minimum absolute atomic E-state index is 0.0209. The number of fused-ring (bicyclic) bond motifs is 3. The lowest BCUT2D eigenvalue weighted by molar-refractivity contribution is -0.144. The Morgan fingerprint density at radius 1 is 0.908 bits per heavy atom. The normalized spacial score (nSPS) is 16.8. The third kappa shape index (κ3) is 13.3. The first-order chi connectivity index (χ1) is 36.4. The molecule has 2 aliphatic rings. The number of aromatic nitrogens is 4. The van der Waals surface area contributed by atoms with Gasteiger partial charge in [0.1, 0.15) is 42.2 Å². The summed E-state index contributed by atoms with van der Waals surface area (Å²) in [6, 6.07) is 20.4. The van der Waals surface area contributed by atoms with Gasteiger partial charge in [0, 0.05) is 52.7 Å². The van der Waals surface area contributed by atoms with E-state index in [-0.39, 0.29) is 63.6 Å². The summed E-state index contributed by atoms with van der Waals surface area (Å²) in [7, 11) is 0. The average Bonchev–Trinajstić information content (AvgIpc) is 4.16. The molecular weight excluding hydrogens is 1020 g/mol. The molecule has 4 amide bonds. The Bertz CT molecular complexity index is 3150. The number of hydrogen-bond donors (Lipinski definition) is 4. The zero-order valence-electron chi connectivity index (χ0n) is 44.0. The molecule has 8 rings (SSSR count). The zero-order chi connectivity index (χ0) is 54.3. The molecule has 0 spiro atoms. The van der Waals surface area contributed by atoms with Crippen molar-refractivity contribution in [2.75, 3.05) is 33.0 Å². The summed E-state index contributed by atoms with van der Waals surface area (Å²) in [5.41, 5.74) is 9.53. The average molecular weight is 1090 g/mol. The van der Waals surface area contributed by atoms with Gasteiger partial charge in [-0.3, -0.25) is 28.7 Å². The second-order valence-electron chi connectivity index (χ2n) is 20.2. The van der Waals surface area contributed by atoms with Crippen molar-refractivity contribution in [2.24, 2.45) is 10.4 Å². The number of aliphatic hydroxyl groups excluding tert-OH is 1. The number of halogens is 1. The lowest BCUT2D eigenvalue weighted by Gasteiger charge is -2.35. The Morgan fingerprint density at radius 2 is 1.62 bits per heavy atom. The summed E-state index contributed by atoms with van der Waals surface area (Å²) >= 11 is 9.50. The van der Waals surface area contributed by atoms with Crippen molar-refractivity contribution in [3.05, 3.63) is 139 Å². The summed E-state index contributed by atoms with van der Waals surface area (Å²) < 4.78 is 13.4. The highest BCUT2D eigenvalue weighted by molar-refractivity contribution is 7.15. The van der Waals surface area contributed by atoms with Crippen molar-refractivity contribution in [3.8, 4) is 27.3 Å². The fraction of sp³-hybridized carbons (Fsp3) is 0.404. The van der Waals surface area contributed by atoms with Crippen LogP contribution in [0.4, 0.5) is 0 Å². The van der Waals surface area contributed by atoms with Crippen molar-refractivity contribution < 1.29 is 33.8 Å². The van der Waals surface area contributed by atoms with E-state index in [4.69, 9.17) is 26.1 Å². The number of benzene rings is 3. The number of nitrogens with one attached hydrogen (secondary N) is 3. The topological polar surface area (TPSA) is 202 Å². The molecule has 76 heavy (non-hydrogen) atoms. The van der Waals surface area contributed by atoms with Crippen molar-refractivity contribution in [2.45, 2.75) is 111 Å². The maximum Gasteiger partial charge on any atom is 0.246 e. The van der Waals surface area contributed by atoms with Gasteiger partial charge < -0.3 is 35.4 Å². The van der Waals surface area contributed by atoms with E-state index in [1.165, 1.54) is 9.78 Å². The van der Waals surface area contributed by atoms with Gasteiger partial charge in [-0.2, -0.15) is 0 Å². The highest BCUT2D eigenvalue weighted by Crippen LogP contribution is 2.40. The number of β-amino-alcohol motifs (C(OH)–C–C–N with tert-alkyl or cyclic N) is 1. The smallest absolute Gasteiger partial charge is 0.246 e. The standard InChI is InChI=1S/C57H64ClN9O7S2/c1-33-36(4)76-56-49(33)50(41-20-22-43(58)23-21-41)62-45(53-65-64-37(5)67(53)56)28-47(69)61-34(2)40-16-12-38(13-17-40)11-9-24-73-25-10-26-74-31-48(70)63-52(57(6,7)8)55(72)66-30-44(68)27-46(66)54(71)59-29-39-14-18-42(19-15-39)51-35(3)60-32-75-51/h12-23,32,34,44-46,52,68H,10,24-31H2,1-8H3,(H,59,71)(H,61,69)(H,63,70)/t34-,44+,45-,46-,52+/m0/s1. The zero-order valence-corrected chi connectivity index (χ0v) is 46.4. The van der Waals surface area contributed by atoms with E-state index in [1.54, 1.807) is 22.7 Å². The van der Waals surface area contributed by atoms with Gasteiger partial charge in [-0.25, -0.2) is 4.98 Å². The predicted molar refractivity (Wildman–Crippen MR) is 296 cm³/mol. The summed E-state index contributed by atoms with van der Waals surface area (Å²) in [6.07, 6.45) is -0.203. The Labute approximate surface area is 456 Å². The van der Waals surface area contributed by atoms with Crippen LogP contribution in [0.1, 0.15) is 115 Å². The number of thiazole rings is 1. The largest absolute Gasteiger partial charge is 0.391 e. The van der Waals surface area contributed by atoms with E-state index in [1.807, 2.05) is 124 Å². The molecule has 3 aromatic carbocycles. The van der Waals surface area contributed by atoms with Crippen LogP contribution in [0.3, 0.4) is 0 Å². The first-order valence-electron chi connectivity index (χ1n) is 25.3. The molecule has 398 valence electrons. The van der Waals surface area contributed by atoms with E-state index in [9.17, 15) is 24.3 Å². The van der Waals surface area contributed by atoms with Gasteiger partial charge in [-0.15, -0.1) is 32.9 Å². The molecule has 1 saturated heterocycles. The van der Waals surface area contributed by atoms with Crippen molar-refractivity contribution >= 4 is 63.6 Å². The van der Waals surface area contributed by atoms with Gasteiger partial charge in [0.05, 0.1) is 47.0 Å². The fourth-order valence-corrected chi connectivity index (χ4v) is 11.4. The van der Waals surface area contributed by atoms with Crippen LogP contribution in [0, 0.1) is 45.0 Å². The van der Waals surface area contributed by atoms with E-state index in [2.05, 4.69) is 56.8 Å². The van der Waals surface area contributed by atoms with Crippen LogP contribution in [-0.2, 0) is 35.2 Å². The fourth-order valence-electron chi connectivity index (χ4n) is 9.22. The summed E-state index contributed by atoms with van der Waals surface area (Å²) in [5.74, 6) is 6.02. The number of amides is 4. The summed E-state index contributed by atoms with van der Waals surface area (Å²) in [5, 5.41) is 30.0. The number of rotatable bonds is 18. The predicted octanol–water partition coefficient (Wildman–Crippen LogP) is 8.08. The molecule has 4 N–H and O–H groups in total. The van der Waals surface area contributed by atoms with E-state index in [0.29, 0.717) is 23.9 Å². The first kappa shape index (κ1) is 55.6. The number of carbonyl (C=O) groups is 4. The van der Waals surface area contributed by atoms with E-state index < -0.39 is 41.5 Å². The lowest BCUT2D eigenvalue weighted by atomic mass is 9.85. The van der Waals surface area contributed by atoms with Crippen LogP contribution in [-0.4, -0.2) is 110 Å². The number of aryl methyl sites for hydroxylation is 3. The SMILES string of the molecule is Cc1ncsc1-c1ccc(CNC(=O)[C@@H]2C[C@@H](O)CN2C(=O)[C@@H](NC(=O)COCCCOCC#Cc2ccc([C@H](C)NC(=O)C[C@@H]3N=C(c4ccc(Cl)cc4)c4c(sc(C)c4C)-n4c(C)nnc43)cc2)C(C)(C)C)cc1. The van der Waals surface area contributed by atoms with Crippen LogP contribution in [0.2, 0.25) is 5.02 Å². The molecule has 16 nitrogen and oxygen atoms in total. The number of aliphatic hydroxyl groups is 1. The molecule has 5 atom stereocenters. The van der Waals surface area contributed by atoms with Gasteiger partial charge in [0.2, 0.25) is 23.6 Å². The van der Waals surface area contributed by atoms with Crippen molar-refractivity contribution in [3.63, 3.8) is 0 Å². The van der Waals surface area contributed by atoms with Crippen molar-refractivity contribution in [1.29, 1.82) is 0 Å². The lowest BCUT2D eigenvalue weighted by Crippen LogP contribution is -2.58. The third-order valence-corrected chi connectivity index (χ3v) is 15.9. The van der Waals surface area contributed by atoms with E-state index in [0.717, 1.165) is 66.1 Å². The molecule has 0 saturated carbocycles. The molecule has 3 aromatic heterocycles. The molecule has 0 bridgehead atoms. The minimum Gasteiger partial charge on any atom is -0.391 e. The third-order valence-electron chi connectivity index (χ3n) is 13.5. The molecule has 0 unspecified atom stereocenters.